The lowest BCUT2D eigenvalue weighted by atomic mass is 9.91. The number of rotatable bonds is 0. The first kappa shape index (κ1) is 9.45. The van der Waals surface area contributed by atoms with Crippen molar-refractivity contribution in [3.8, 4) is 11.5 Å². The first-order chi connectivity index (χ1) is 7.02. The molecule has 0 unspecified atom stereocenters. The third-order valence-electron chi connectivity index (χ3n) is 2.35. The SMILES string of the molecule is Cc1cc(O)c2c(c1O)C(=O)C=CC2=O. The van der Waals surface area contributed by atoms with Crippen LogP contribution in [0.3, 0.4) is 0 Å². The van der Waals surface area contributed by atoms with Crippen molar-refractivity contribution in [2.24, 2.45) is 0 Å². The quantitative estimate of drug-likeness (QED) is 0.625. The van der Waals surface area contributed by atoms with Crippen LogP contribution in [-0.4, -0.2) is 21.8 Å². The van der Waals surface area contributed by atoms with E-state index in [0.29, 0.717) is 5.56 Å². The highest BCUT2D eigenvalue weighted by Gasteiger charge is 2.27. The van der Waals surface area contributed by atoms with Gasteiger partial charge in [-0.15, -0.1) is 0 Å². The highest BCUT2D eigenvalue weighted by Crippen LogP contribution is 2.35. The average molecular weight is 204 g/mol. The zero-order chi connectivity index (χ0) is 11.2. The van der Waals surface area contributed by atoms with Crippen molar-refractivity contribution in [3.05, 3.63) is 34.9 Å². The van der Waals surface area contributed by atoms with Gasteiger partial charge in [-0.05, 0) is 30.7 Å². The fourth-order valence-electron chi connectivity index (χ4n) is 1.60. The summed E-state index contributed by atoms with van der Waals surface area (Å²) in [6.07, 6.45) is 2.17. The second-order valence-corrected chi connectivity index (χ2v) is 3.37. The maximum Gasteiger partial charge on any atom is 0.190 e. The number of fused-ring (bicyclic) bond motifs is 1. The minimum absolute atomic E-state index is 0.111. The maximum atomic E-state index is 11.4. The second kappa shape index (κ2) is 2.95. The molecule has 1 aliphatic carbocycles. The highest BCUT2D eigenvalue weighted by molar-refractivity contribution is 6.24. The number of benzene rings is 1. The molecular formula is C11H8O4. The number of aryl methyl sites for hydroxylation is 1. The molecule has 1 aromatic carbocycles. The summed E-state index contributed by atoms with van der Waals surface area (Å²) in [5, 5.41) is 19.2. The molecule has 1 aliphatic rings. The molecule has 2 N–H and O–H groups in total. The number of hydrogen-bond donors (Lipinski definition) is 2. The molecule has 76 valence electrons. The Morgan fingerprint density at radius 2 is 1.53 bits per heavy atom. The largest absolute Gasteiger partial charge is 0.507 e. The molecule has 2 rings (SSSR count). The van der Waals surface area contributed by atoms with Crippen LogP contribution in [-0.2, 0) is 0 Å². The minimum Gasteiger partial charge on any atom is -0.507 e. The van der Waals surface area contributed by atoms with E-state index in [1.807, 2.05) is 0 Å². The minimum atomic E-state index is -0.475. The standard InChI is InChI=1S/C11H8O4/c1-5-4-8(14)9-6(12)2-3-7(13)10(9)11(5)15/h2-4,14-15H,1H3. The van der Waals surface area contributed by atoms with Gasteiger partial charge in [0, 0.05) is 0 Å². The van der Waals surface area contributed by atoms with E-state index >= 15 is 0 Å². The van der Waals surface area contributed by atoms with Crippen LogP contribution < -0.4 is 0 Å². The summed E-state index contributed by atoms with van der Waals surface area (Å²) in [4.78, 5) is 22.9. The Hall–Kier alpha value is -2.10. The van der Waals surface area contributed by atoms with Gasteiger partial charge in [-0.3, -0.25) is 9.59 Å². The molecule has 0 aromatic heterocycles. The van der Waals surface area contributed by atoms with Gasteiger partial charge in [0.1, 0.15) is 11.5 Å². The van der Waals surface area contributed by atoms with Gasteiger partial charge >= 0.3 is 0 Å². The number of hydrogen-bond acceptors (Lipinski definition) is 4. The van der Waals surface area contributed by atoms with E-state index in [4.69, 9.17) is 0 Å². The zero-order valence-corrected chi connectivity index (χ0v) is 7.94. The topological polar surface area (TPSA) is 74.6 Å². The van der Waals surface area contributed by atoms with Crippen molar-refractivity contribution in [1.82, 2.24) is 0 Å². The smallest absolute Gasteiger partial charge is 0.190 e. The van der Waals surface area contributed by atoms with Crippen molar-refractivity contribution in [2.45, 2.75) is 6.92 Å². The predicted octanol–water partition coefficient (Wildman–Crippen LogP) is 1.34. The van der Waals surface area contributed by atoms with Gasteiger partial charge in [-0.1, -0.05) is 0 Å². The van der Waals surface area contributed by atoms with E-state index < -0.39 is 11.6 Å². The van der Waals surface area contributed by atoms with Gasteiger partial charge in [-0.2, -0.15) is 0 Å². The fourth-order valence-corrected chi connectivity index (χ4v) is 1.60. The predicted molar refractivity (Wildman–Crippen MR) is 52.3 cm³/mol. The van der Waals surface area contributed by atoms with E-state index in [1.165, 1.54) is 6.07 Å². The van der Waals surface area contributed by atoms with E-state index in [1.54, 1.807) is 6.92 Å². The number of carbonyl (C=O) groups excluding carboxylic acids is 2. The zero-order valence-electron chi connectivity index (χ0n) is 7.94. The molecule has 15 heavy (non-hydrogen) atoms. The molecular weight excluding hydrogens is 196 g/mol. The molecule has 4 nitrogen and oxygen atoms in total. The normalized spacial score (nSPS) is 14.2. The van der Waals surface area contributed by atoms with E-state index in [9.17, 15) is 19.8 Å². The molecule has 0 amide bonds. The van der Waals surface area contributed by atoms with Crippen LogP contribution in [0.2, 0.25) is 0 Å². The molecule has 4 heteroatoms. The van der Waals surface area contributed by atoms with Gasteiger partial charge in [0.2, 0.25) is 0 Å². The van der Waals surface area contributed by atoms with Gasteiger partial charge in [0.05, 0.1) is 11.1 Å². The molecule has 0 aliphatic heterocycles. The second-order valence-electron chi connectivity index (χ2n) is 3.37. The lowest BCUT2D eigenvalue weighted by molar-refractivity contribution is 0.0989. The summed E-state index contributed by atoms with van der Waals surface area (Å²) < 4.78 is 0. The van der Waals surface area contributed by atoms with Crippen LogP contribution in [0, 0.1) is 6.92 Å². The van der Waals surface area contributed by atoms with Gasteiger partial charge in [-0.25, -0.2) is 0 Å². The number of phenols is 2. The average Bonchev–Trinajstić information content (AvgIpc) is 2.18. The van der Waals surface area contributed by atoms with E-state index in [-0.39, 0.29) is 22.6 Å². The molecule has 0 saturated heterocycles. The van der Waals surface area contributed by atoms with Gasteiger partial charge in [0.25, 0.3) is 0 Å². The number of carbonyl (C=O) groups is 2. The summed E-state index contributed by atoms with van der Waals surface area (Å²) >= 11 is 0. The molecule has 1 aromatic rings. The molecule has 0 saturated carbocycles. The Morgan fingerprint density at radius 3 is 2.13 bits per heavy atom. The highest BCUT2D eigenvalue weighted by atomic mass is 16.3. The summed E-state index contributed by atoms with van der Waals surface area (Å²) in [5.41, 5.74) is 0.133. The maximum absolute atomic E-state index is 11.4. The van der Waals surface area contributed by atoms with Gasteiger partial charge in [0.15, 0.2) is 11.6 Å². The van der Waals surface area contributed by atoms with Crippen molar-refractivity contribution in [2.75, 3.05) is 0 Å². The van der Waals surface area contributed by atoms with Crippen LogP contribution in [0.5, 0.6) is 11.5 Å². The van der Waals surface area contributed by atoms with Crippen molar-refractivity contribution < 1.29 is 19.8 Å². The Bertz CT molecular complexity index is 512. The summed E-state index contributed by atoms with van der Waals surface area (Å²) in [6.45, 7) is 1.55. The Kier molecular flexibility index (Phi) is 1.86. The van der Waals surface area contributed by atoms with Crippen LogP contribution in [0.25, 0.3) is 0 Å². The monoisotopic (exact) mass is 204 g/mol. The van der Waals surface area contributed by atoms with Crippen LogP contribution in [0.15, 0.2) is 18.2 Å². The van der Waals surface area contributed by atoms with Crippen molar-refractivity contribution in [3.63, 3.8) is 0 Å². The van der Waals surface area contributed by atoms with E-state index in [2.05, 4.69) is 0 Å². The number of phenolic OH excluding ortho intramolecular Hbond substituents is 2. The summed E-state index contributed by atoms with van der Waals surface area (Å²) in [7, 11) is 0. The first-order valence-corrected chi connectivity index (χ1v) is 4.34. The van der Waals surface area contributed by atoms with Crippen LogP contribution in [0.1, 0.15) is 26.3 Å². The lowest BCUT2D eigenvalue weighted by Crippen LogP contribution is -2.12. The van der Waals surface area contributed by atoms with E-state index in [0.717, 1.165) is 12.2 Å². The Morgan fingerprint density at radius 1 is 1.00 bits per heavy atom. The third kappa shape index (κ3) is 1.22. The summed E-state index contributed by atoms with van der Waals surface area (Å²) in [6, 6.07) is 1.26. The molecule has 0 radical (unpaired) electrons. The number of allylic oxidation sites excluding steroid dienone is 2. The lowest BCUT2D eigenvalue weighted by Gasteiger charge is -2.13. The molecule has 0 bridgehead atoms. The van der Waals surface area contributed by atoms with Crippen molar-refractivity contribution >= 4 is 11.6 Å². The summed E-state index contributed by atoms with van der Waals surface area (Å²) in [5.74, 6) is -1.47. The fraction of sp³-hybridized carbons (Fsp3) is 0.0909. The third-order valence-corrected chi connectivity index (χ3v) is 2.35. The van der Waals surface area contributed by atoms with Crippen LogP contribution >= 0.6 is 0 Å². The van der Waals surface area contributed by atoms with Crippen LogP contribution in [0.4, 0.5) is 0 Å². The molecule has 0 spiro atoms. The first-order valence-electron chi connectivity index (χ1n) is 4.34. The number of ketones is 2. The van der Waals surface area contributed by atoms with Gasteiger partial charge < -0.3 is 10.2 Å². The molecule has 0 atom stereocenters. The molecule has 0 heterocycles. The number of aromatic hydroxyl groups is 2. The molecule has 0 fully saturated rings. The Labute approximate surface area is 85.5 Å². The Balaban J connectivity index is 2.87. The van der Waals surface area contributed by atoms with Crippen molar-refractivity contribution in [1.29, 1.82) is 0 Å².